The van der Waals surface area contributed by atoms with Gasteiger partial charge in [0.05, 0.1) is 0 Å². The summed E-state index contributed by atoms with van der Waals surface area (Å²) in [5.74, 6) is 1.56. The summed E-state index contributed by atoms with van der Waals surface area (Å²) < 4.78 is 4.46. The second-order valence-corrected chi connectivity index (χ2v) is 15.8. The molecule has 0 aliphatic carbocycles. The first-order valence-corrected chi connectivity index (χ1v) is 17.0. The van der Waals surface area contributed by atoms with Crippen LogP contribution in [0.5, 0.6) is 0 Å². The second kappa shape index (κ2) is 19.3. The van der Waals surface area contributed by atoms with Gasteiger partial charge in [0.15, 0.2) is 5.90 Å². The van der Waals surface area contributed by atoms with Crippen molar-refractivity contribution in [1.82, 2.24) is 0 Å². The number of hydrogen-bond acceptors (Lipinski definition) is 1. The maximum atomic E-state index is 4.46. The molecule has 2 aromatic carbocycles. The van der Waals surface area contributed by atoms with Crippen LogP contribution < -0.4 is 0 Å². The standard InChI is InChI=1S/2C10H15.C5H14P2.C4H3O.2Ir/c2*1-6-7(2)9(4)10(5)8(6)3;1-6(2)5-7(3)4;1-2-4-5-3-1;;/h2*1-5H3;5H2,1-4H3;1-3H;;/q2*-1;;-1;;/p+2. The van der Waals surface area contributed by atoms with Crippen molar-refractivity contribution in [1.29, 1.82) is 0 Å². The van der Waals surface area contributed by atoms with Crippen molar-refractivity contribution in [2.45, 2.75) is 69.2 Å². The van der Waals surface area contributed by atoms with Crippen LogP contribution >= 0.6 is 15.8 Å². The van der Waals surface area contributed by atoms with Crippen molar-refractivity contribution in [3.05, 3.63) is 80.3 Å². The molecule has 0 N–H and O–H groups in total. The minimum Gasteiger partial charge on any atom is -0.599 e. The zero-order chi connectivity index (χ0) is 25.2. The molecule has 0 saturated heterocycles. The number of rotatable bonds is 2. The zero-order valence-electron chi connectivity index (χ0n) is 24.0. The van der Waals surface area contributed by atoms with E-state index in [1.807, 2.05) is 0 Å². The molecule has 0 atom stereocenters. The van der Waals surface area contributed by atoms with E-state index in [-0.39, 0.29) is 56.1 Å². The van der Waals surface area contributed by atoms with Gasteiger partial charge in [-0.15, -0.1) is 6.07 Å². The molecule has 0 bridgehead atoms. The zero-order valence-corrected chi connectivity index (χ0v) is 30.8. The van der Waals surface area contributed by atoms with E-state index in [4.69, 9.17) is 0 Å². The quantitative estimate of drug-likeness (QED) is 0.186. The van der Waals surface area contributed by atoms with Crippen molar-refractivity contribution in [3.63, 3.8) is 0 Å². The van der Waals surface area contributed by atoms with E-state index >= 15 is 0 Å². The summed E-state index contributed by atoms with van der Waals surface area (Å²) in [6.45, 7) is 31.6. The Hall–Kier alpha value is 0.139. The minimum atomic E-state index is 0. The molecule has 3 aromatic rings. The van der Waals surface area contributed by atoms with Gasteiger partial charge in [-0.25, -0.2) is 0 Å². The first kappa shape index (κ1) is 38.7. The van der Waals surface area contributed by atoms with Crippen LogP contribution in [-0.4, -0.2) is 32.6 Å². The van der Waals surface area contributed by atoms with Crippen LogP contribution in [0.2, 0.25) is 0 Å². The van der Waals surface area contributed by atoms with Gasteiger partial charge in [0, 0.05) is 82.7 Å². The summed E-state index contributed by atoms with van der Waals surface area (Å²) in [5.41, 5.74) is 14.7. The van der Waals surface area contributed by atoms with Crippen LogP contribution in [0.25, 0.3) is 0 Å². The Kier molecular flexibility index (Phi) is 21.9. The molecule has 1 nitrogen and oxygen atoms in total. The van der Waals surface area contributed by atoms with Gasteiger partial charge in [-0.1, -0.05) is 75.5 Å². The topological polar surface area (TPSA) is 13.1 Å². The van der Waals surface area contributed by atoms with E-state index in [0.717, 1.165) is 0 Å². The molecule has 1 heterocycles. The van der Waals surface area contributed by atoms with Gasteiger partial charge in [-0.05, 0) is 6.26 Å². The smallest absolute Gasteiger partial charge is 0.154 e. The molecule has 0 aliphatic rings. The summed E-state index contributed by atoms with van der Waals surface area (Å²) in [6.07, 6.45) is 4.06. The van der Waals surface area contributed by atoms with Crippen LogP contribution in [0.3, 0.4) is 0 Å². The molecule has 0 unspecified atom stereocenters. The molecule has 0 fully saturated rings. The van der Waals surface area contributed by atoms with Gasteiger partial charge >= 0.3 is 0 Å². The molecular weight excluding hydrogens is 811 g/mol. The molecule has 200 valence electrons. The molecule has 5 heteroatoms. The largest absolute Gasteiger partial charge is 0.599 e. The predicted molar refractivity (Wildman–Crippen MR) is 154 cm³/mol. The van der Waals surface area contributed by atoms with E-state index in [0.29, 0.717) is 0 Å². The molecule has 3 rings (SSSR count). The first-order chi connectivity index (χ1) is 14.7. The van der Waals surface area contributed by atoms with E-state index in [2.05, 4.69) is 107 Å². The fourth-order valence-electron chi connectivity index (χ4n) is 3.72. The molecule has 0 amide bonds. The summed E-state index contributed by atoms with van der Waals surface area (Å²) >= 11 is 0. The Bertz CT molecular complexity index is 677. The van der Waals surface area contributed by atoms with Crippen LogP contribution in [0.1, 0.15) is 55.6 Å². The molecule has 0 saturated carbocycles. The summed E-state index contributed by atoms with van der Waals surface area (Å²) in [6, 6.07) is 3.49. The van der Waals surface area contributed by atoms with Gasteiger partial charge in [-0.3, -0.25) is 0 Å². The fourth-order valence-corrected chi connectivity index (χ4v) is 9.37. The molecular formula is C29H49Ir2OP2-. The third-order valence-electron chi connectivity index (χ3n) is 6.71. The summed E-state index contributed by atoms with van der Waals surface area (Å²) in [5, 5.41) is 0. The minimum absolute atomic E-state index is 0. The van der Waals surface area contributed by atoms with E-state index in [1.54, 1.807) is 24.3 Å². The second-order valence-electron chi connectivity index (χ2n) is 9.57. The SMILES string of the molecule is C[PH+](C)C[PH+](C)C.Cc1c(C)c(C)[c-](C)c1C.Cc1c(C)c(C)[c-](C)c1C.[Ir].[Ir].[c-]1ccco1. The Labute approximate surface area is 241 Å². The average Bonchev–Trinajstić information content (AvgIpc) is 3.41. The van der Waals surface area contributed by atoms with Crippen LogP contribution in [0, 0.1) is 75.5 Å². The summed E-state index contributed by atoms with van der Waals surface area (Å²) in [4.78, 5) is 0. The molecule has 0 aliphatic heterocycles. The van der Waals surface area contributed by atoms with Crippen LogP contribution in [0.4, 0.5) is 0 Å². The number of hydrogen-bond donors (Lipinski definition) is 0. The van der Waals surface area contributed by atoms with E-state index in [9.17, 15) is 0 Å². The van der Waals surface area contributed by atoms with Gasteiger partial charge in [-0.2, -0.15) is 61.7 Å². The van der Waals surface area contributed by atoms with Gasteiger partial charge in [0.1, 0.15) is 0 Å². The summed E-state index contributed by atoms with van der Waals surface area (Å²) in [7, 11) is 0.222. The maximum absolute atomic E-state index is 4.46. The molecule has 1 aromatic heterocycles. The fraction of sp³-hybridized carbons (Fsp3) is 0.517. The maximum Gasteiger partial charge on any atom is 0.154 e. The van der Waals surface area contributed by atoms with E-state index in [1.165, 1.54) is 55.6 Å². The monoisotopic (exact) mass is 861 g/mol. The van der Waals surface area contributed by atoms with Crippen LogP contribution in [-0.2, 0) is 40.2 Å². The average molecular weight is 860 g/mol. The third kappa shape index (κ3) is 12.9. The molecule has 0 spiro atoms. The Balaban J connectivity index is -0.000000381. The predicted octanol–water partition coefficient (Wildman–Crippen LogP) is 8.86. The van der Waals surface area contributed by atoms with Crippen molar-refractivity contribution in [3.8, 4) is 0 Å². The van der Waals surface area contributed by atoms with Gasteiger partial charge < -0.3 is 4.42 Å². The first-order valence-electron chi connectivity index (χ1n) is 11.6. The van der Waals surface area contributed by atoms with Crippen molar-refractivity contribution in [2.24, 2.45) is 0 Å². The van der Waals surface area contributed by atoms with Crippen LogP contribution in [0.15, 0.2) is 22.8 Å². The van der Waals surface area contributed by atoms with Crippen molar-refractivity contribution in [2.75, 3.05) is 32.6 Å². The van der Waals surface area contributed by atoms with Gasteiger partial charge in [0.2, 0.25) is 0 Å². The molecule has 34 heavy (non-hydrogen) atoms. The van der Waals surface area contributed by atoms with Crippen molar-refractivity contribution >= 4 is 15.8 Å². The Morgan fingerprint density at radius 1 is 0.647 bits per heavy atom. The molecule has 2 radical (unpaired) electrons. The Morgan fingerprint density at radius 3 is 1.00 bits per heavy atom. The third-order valence-corrected chi connectivity index (χ3v) is 12.4. The van der Waals surface area contributed by atoms with Gasteiger partial charge in [0.25, 0.3) is 0 Å². The Morgan fingerprint density at radius 2 is 0.941 bits per heavy atom. The number of furan rings is 1. The normalized spacial score (nSPS) is 9.65. The van der Waals surface area contributed by atoms with Crippen molar-refractivity contribution < 1.29 is 44.6 Å². The van der Waals surface area contributed by atoms with E-state index < -0.39 is 0 Å².